The molecule has 1 unspecified atom stereocenters. The quantitative estimate of drug-likeness (QED) is 0.666. The second-order valence-corrected chi connectivity index (χ2v) is 7.23. The lowest BCUT2D eigenvalue weighted by Gasteiger charge is -2.15. The number of nitrogens with zero attached hydrogens (tertiary/aromatic N) is 2. The van der Waals surface area contributed by atoms with Gasteiger partial charge in [-0.05, 0) is 48.4 Å². The van der Waals surface area contributed by atoms with Crippen molar-refractivity contribution in [3.8, 4) is 11.8 Å². The van der Waals surface area contributed by atoms with Gasteiger partial charge in [-0.25, -0.2) is 0 Å². The van der Waals surface area contributed by atoms with Crippen LogP contribution >= 0.6 is 0 Å². The molecule has 1 N–H and O–H groups in total. The van der Waals surface area contributed by atoms with E-state index < -0.39 is 6.36 Å². The van der Waals surface area contributed by atoms with Crippen LogP contribution in [0.3, 0.4) is 0 Å². The number of ether oxygens (including phenoxy) is 2. The molecule has 4 rings (SSSR count). The van der Waals surface area contributed by atoms with Crippen molar-refractivity contribution in [2.75, 3.05) is 13.2 Å². The van der Waals surface area contributed by atoms with Gasteiger partial charge in [-0.3, -0.25) is 4.79 Å². The maximum atomic E-state index is 13.0. The lowest BCUT2D eigenvalue weighted by atomic mass is 10.1. The standard InChI is InChI=1S/C22H18F3N3O3/c23-22(24,25)31-18-3-1-2-15(9-18)12-28-19-5-4-14(11-26)8-16(19)10-20(28)21(29)27-17-6-7-30-13-17/h1-5,8-10,17H,6-7,12-13H2,(H,27,29). The molecular formula is C22H18F3N3O3. The van der Waals surface area contributed by atoms with Gasteiger partial charge in [-0.1, -0.05) is 12.1 Å². The van der Waals surface area contributed by atoms with Crippen molar-refractivity contribution >= 4 is 16.8 Å². The minimum atomic E-state index is -4.79. The molecule has 2 aromatic carbocycles. The molecule has 1 atom stereocenters. The van der Waals surface area contributed by atoms with E-state index in [9.17, 15) is 23.2 Å². The fourth-order valence-corrected chi connectivity index (χ4v) is 3.63. The van der Waals surface area contributed by atoms with Crippen molar-refractivity contribution in [3.05, 3.63) is 65.4 Å². The van der Waals surface area contributed by atoms with Crippen LogP contribution < -0.4 is 10.1 Å². The van der Waals surface area contributed by atoms with Crippen LogP contribution in [0, 0.1) is 11.3 Å². The Balaban J connectivity index is 1.70. The zero-order valence-electron chi connectivity index (χ0n) is 16.3. The Morgan fingerprint density at radius 1 is 1.26 bits per heavy atom. The van der Waals surface area contributed by atoms with Crippen molar-refractivity contribution in [1.82, 2.24) is 9.88 Å². The molecule has 1 amide bonds. The number of nitrogens with one attached hydrogen (secondary N) is 1. The summed E-state index contributed by atoms with van der Waals surface area (Å²) in [5, 5.41) is 12.8. The van der Waals surface area contributed by atoms with Crippen LogP contribution in [-0.4, -0.2) is 36.1 Å². The van der Waals surface area contributed by atoms with Gasteiger partial charge < -0.3 is 19.4 Å². The second kappa shape index (κ2) is 8.32. The van der Waals surface area contributed by atoms with Crippen LogP contribution in [0.4, 0.5) is 13.2 Å². The van der Waals surface area contributed by atoms with E-state index >= 15 is 0 Å². The van der Waals surface area contributed by atoms with Crippen LogP contribution in [0.1, 0.15) is 28.0 Å². The molecule has 0 saturated carbocycles. The highest BCUT2D eigenvalue weighted by Gasteiger charge is 2.31. The van der Waals surface area contributed by atoms with Crippen molar-refractivity contribution < 1.29 is 27.4 Å². The van der Waals surface area contributed by atoms with E-state index in [4.69, 9.17) is 4.74 Å². The smallest absolute Gasteiger partial charge is 0.406 e. The second-order valence-electron chi connectivity index (χ2n) is 7.23. The maximum Gasteiger partial charge on any atom is 0.573 e. The summed E-state index contributed by atoms with van der Waals surface area (Å²) in [5.74, 6) is -0.643. The van der Waals surface area contributed by atoms with E-state index in [1.165, 1.54) is 18.2 Å². The average molecular weight is 429 g/mol. The number of alkyl halides is 3. The zero-order chi connectivity index (χ0) is 22.0. The Morgan fingerprint density at radius 2 is 2.10 bits per heavy atom. The molecule has 3 aromatic rings. The topological polar surface area (TPSA) is 76.3 Å². The number of fused-ring (bicyclic) bond motifs is 1. The number of benzene rings is 2. The molecule has 0 radical (unpaired) electrons. The number of halogens is 3. The van der Waals surface area contributed by atoms with E-state index in [2.05, 4.69) is 16.1 Å². The highest BCUT2D eigenvalue weighted by molar-refractivity contribution is 5.99. The third kappa shape index (κ3) is 4.81. The average Bonchev–Trinajstić information content (AvgIpc) is 3.34. The summed E-state index contributed by atoms with van der Waals surface area (Å²) in [7, 11) is 0. The van der Waals surface area contributed by atoms with Gasteiger partial charge in [-0.2, -0.15) is 5.26 Å². The molecule has 31 heavy (non-hydrogen) atoms. The number of aromatic nitrogens is 1. The van der Waals surface area contributed by atoms with Crippen LogP contribution in [0.25, 0.3) is 10.9 Å². The molecule has 2 heterocycles. The number of hydrogen-bond acceptors (Lipinski definition) is 4. The summed E-state index contributed by atoms with van der Waals surface area (Å²) in [6.45, 7) is 1.15. The fourth-order valence-electron chi connectivity index (χ4n) is 3.63. The van der Waals surface area contributed by atoms with Crippen LogP contribution in [0.5, 0.6) is 5.75 Å². The Morgan fingerprint density at radius 3 is 2.81 bits per heavy atom. The first kappa shape index (κ1) is 20.8. The van der Waals surface area contributed by atoms with E-state index in [-0.39, 0.29) is 24.2 Å². The monoisotopic (exact) mass is 429 g/mol. The van der Waals surface area contributed by atoms with Crippen LogP contribution in [-0.2, 0) is 11.3 Å². The van der Waals surface area contributed by atoms with E-state index in [0.717, 1.165) is 0 Å². The predicted molar refractivity (Wildman–Crippen MR) is 106 cm³/mol. The molecular weight excluding hydrogens is 411 g/mol. The lowest BCUT2D eigenvalue weighted by Crippen LogP contribution is -2.36. The van der Waals surface area contributed by atoms with Crippen LogP contribution in [0.2, 0.25) is 0 Å². The SMILES string of the molecule is N#Cc1ccc2c(c1)cc(C(=O)NC1CCOC1)n2Cc1cccc(OC(F)(F)F)c1. The minimum absolute atomic E-state index is 0.0999. The minimum Gasteiger partial charge on any atom is -0.406 e. The van der Waals surface area contributed by atoms with E-state index in [1.807, 2.05) is 0 Å². The van der Waals surface area contributed by atoms with Gasteiger partial charge in [0.1, 0.15) is 11.4 Å². The zero-order valence-corrected chi connectivity index (χ0v) is 16.3. The largest absolute Gasteiger partial charge is 0.573 e. The third-order valence-electron chi connectivity index (χ3n) is 5.00. The van der Waals surface area contributed by atoms with E-state index in [0.29, 0.717) is 47.4 Å². The summed E-state index contributed by atoms with van der Waals surface area (Å²) >= 11 is 0. The highest BCUT2D eigenvalue weighted by Crippen LogP contribution is 2.26. The molecule has 9 heteroatoms. The van der Waals surface area contributed by atoms with Gasteiger partial charge in [0, 0.05) is 24.1 Å². The summed E-state index contributed by atoms with van der Waals surface area (Å²) in [4.78, 5) is 13.0. The number of hydrogen-bond donors (Lipinski definition) is 1. The van der Waals surface area contributed by atoms with Gasteiger partial charge >= 0.3 is 6.36 Å². The third-order valence-corrected chi connectivity index (χ3v) is 5.00. The van der Waals surface area contributed by atoms with Crippen molar-refractivity contribution in [2.45, 2.75) is 25.4 Å². The molecule has 1 fully saturated rings. The summed E-state index contributed by atoms with van der Waals surface area (Å²) in [5.41, 5.74) is 2.01. The molecule has 160 valence electrons. The summed E-state index contributed by atoms with van der Waals surface area (Å²) in [6.07, 6.45) is -4.08. The Hall–Kier alpha value is -3.51. The first-order chi connectivity index (χ1) is 14.8. The normalized spacial score (nSPS) is 16.3. The Bertz CT molecular complexity index is 1160. The van der Waals surface area contributed by atoms with Crippen LogP contribution in [0.15, 0.2) is 48.5 Å². The fraction of sp³-hybridized carbons (Fsp3) is 0.273. The summed E-state index contributed by atoms with van der Waals surface area (Å²) in [6, 6.07) is 14.3. The molecule has 1 aliphatic heterocycles. The number of carbonyl (C=O) groups excluding carboxylic acids is 1. The van der Waals surface area contributed by atoms with Gasteiger partial charge in [0.15, 0.2) is 0 Å². The summed E-state index contributed by atoms with van der Waals surface area (Å²) < 4.78 is 48.8. The van der Waals surface area contributed by atoms with Gasteiger partial charge in [0.25, 0.3) is 5.91 Å². The molecule has 0 bridgehead atoms. The first-order valence-electron chi connectivity index (χ1n) is 9.59. The number of rotatable bonds is 5. The molecule has 0 aliphatic carbocycles. The molecule has 1 saturated heterocycles. The number of carbonyl (C=O) groups is 1. The Labute approximate surface area is 175 Å². The lowest BCUT2D eigenvalue weighted by molar-refractivity contribution is -0.274. The highest BCUT2D eigenvalue weighted by atomic mass is 19.4. The van der Waals surface area contributed by atoms with Gasteiger partial charge in [0.05, 0.1) is 24.3 Å². The Kier molecular flexibility index (Phi) is 5.57. The first-order valence-corrected chi connectivity index (χ1v) is 9.59. The molecule has 1 aliphatic rings. The van der Waals surface area contributed by atoms with Crippen molar-refractivity contribution in [1.29, 1.82) is 5.26 Å². The van der Waals surface area contributed by atoms with Crippen molar-refractivity contribution in [3.63, 3.8) is 0 Å². The maximum absolute atomic E-state index is 13.0. The van der Waals surface area contributed by atoms with Gasteiger partial charge in [0.2, 0.25) is 0 Å². The van der Waals surface area contributed by atoms with Crippen molar-refractivity contribution in [2.24, 2.45) is 0 Å². The number of amides is 1. The van der Waals surface area contributed by atoms with E-state index in [1.54, 1.807) is 34.9 Å². The molecule has 6 nitrogen and oxygen atoms in total. The number of nitriles is 1. The van der Waals surface area contributed by atoms with Gasteiger partial charge in [-0.15, -0.1) is 13.2 Å². The predicted octanol–water partition coefficient (Wildman–Crippen LogP) is 3.98. The molecule has 0 spiro atoms. The molecule has 1 aromatic heterocycles.